The van der Waals surface area contributed by atoms with Gasteiger partial charge in [-0.2, -0.15) is 5.10 Å². The number of carbonyl (C=O) groups excluding carboxylic acids is 2. The fraction of sp³-hybridized carbons (Fsp3) is 0.304. The Kier molecular flexibility index (Phi) is 5.64. The number of pyridine rings is 1. The van der Waals surface area contributed by atoms with Crippen LogP contribution in [0.5, 0.6) is 0 Å². The molecule has 150 valence electrons. The maximum Gasteiger partial charge on any atom is 0.340 e. The van der Waals surface area contributed by atoms with E-state index in [1.165, 1.54) is 11.8 Å². The molecule has 6 nitrogen and oxygen atoms in total. The van der Waals surface area contributed by atoms with Gasteiger partial charge in [-0.25, -0.2) is 14.5 Å². The molecule has 2 aromatic heterocycles. The molecule has 29 heavy (non-hydrogen) atoms. The second-order valence-electron chi connectivity index (χ2n) is 7.36. The van der Waals surface area contributed by atoms with Crippen LogP contribution in [-0.4, -0.2) is 33.1 Å². The summed E-state index contributed by atoms with van der Waals surface area (Å²) in [5.41, 5.74) is 6.95. The Labute approximate surface area is 170 Å². The molecule has 0 atom stereocenters. The van der Waals surface area contributed by atoms with Crippen molar-refractivity contribution in [1.29, 1.82) is 0 Å². The average Bonchev–Trinajstić information content (AvgIpc) is 3.05. The van der Waals surface area contributed by atoms with E-state index in [1.807, 2.05) is 53.7 Å². The van der Waals surface area contributed by atoms with Crippen molar-refractivity contribution in [1.82, 2.24) is 14.8 Å². The number of Topliss-reactive ketones (excluding diaryl/α,β-unsaturated/α-hetero) is 1. The van der Waals surface area contributed by atoms with Crippen molar-refractivity contribution in [2.24, 2.45) is 0 Å². The normalized spacial score (nSPS) is 10.8. The van der Waals surface area contributed by atoms with E-state index >= 15 is 0 Å². The number of ether oxygens (including phenoxy) is 1. The molecule has 0 amide bonds. The minimum atomic E-state index is -0.580. The molecule has 6 heteroatoms. The first-order valence-electron chi connectivity index (χ1n) is 9.46. The van der Waals surface area contributed by atoms with E-state index in [9.17, 15) is 9.59 Å². The standard InChI is InChI=1S/C23H25N3O3/c1-13-9-20(18(6)17(5)16(13)4)21(27)12-29-23(28)19-7-8-22(24-11-19)26-15(3)10-14(2)25-26/h7-11H,12H2,1-6H3. The van der Waals surface area contributed by atoms with Crippen LogP contribution >= 0.6 is 0 Å². The lowest BCUT2D eigenvalue weighted by Gasteiger charge is -2.13. The highest BCUT2D eigenvalue weighted by molar-refractivity contribution is 6.00. The Morgan fingerprint density at radius 3 is 2.28 bits per heavy atom. The summed E-state index contributed by atoms with van der Waals surface area (Å²) < 4.78 is 6.94. The van der Waals surface area contributed by atoms with E-state index < -0.39 is 5.97 Å². The number of hydrogen-bond donors (Lipinski definition) is 0. The van der Waals surface area contributed by atoms with Gasteiger partial charge in [-0.1, -0.05) is 0 Å². The molecule has 0 saturated heterocycles. The summed E-state index contributed by atoms with van der Waals surface area (Å²) in [7, 11) is 0. The number of ketones is 1. The molecule has 0 aliphatic heterocycles. The van der Waals surface area contributed by atoms with Gasteiger partial charge in [0.1, 0.15) is 0 Å². The third-order valence-electron chi connectivity index (χ3n) is 5.33. The van der Waals surface area contributed by atoms with Gasteiger partial charge < -0.3 is 4.74 Å². The highest BCUT2D eigenvalue weighted by Crippen LogP contribution is 2.22. The molecular weight excluding hydrogens is 366 g/mol. The molecule has 0 aliphatic rings. The molecule has 1 aromatic carbocycles. The van der Waals surface area contributed by atoms with Gasteiger partial charge in [0.15, 0.2) is 12.4 Å². The monoisotopic (exact) mass is 391 g/mol. The molecule has 0 spiro atoms. The Hall–Kier alpha value is -3.28. The van der Waals surface area contributed by atoms with Crippen molar-refractivity contribution >= 4 is 11.8 Å². The zero-order valence-electron chi connectivity index (χ0n) is 17.7. The van der Waals surface area contributed by atoms with Crippen LogP contribution < -0.4 is 0 Å². The maximum absolute atomic E-state index is 12.6. The minimum Gasteiger partial charge on any atom is -0.454 e. The van der Waals surface area contributed by atoms with Crippen molar-refractivity contribution in [2.45, 2.75) is 41.5 Å². The van der Waals surface area contributed by atoms with Crippen molar-refractivity contribution in [2.75, 3.05) is 6.61 Å². The van der Waals surface area contributed by atoms with E-state index in [0.717, 1.165) is 28.1 Å². The van der Waals surface area contributed by atoms with Gasteiger partial charge in [0.05, 0.1) is 11.3 Å². The van der Waals surface area contributed by atoms with Crippen molar-refractivity contribution in [3.63, 3.8) is 0 Å². The SMILES string of the molecule is Cc1cc(C)n(-c2ccc(C(=O)OCC(=O)c3cc(C)c(C)c(C)c3C)cn2)n1. The molecular formula is C23H25N3O3. The van der Waals surface area contributed by atoms with Crippen LogP contribution in [0, 0.1) is 41.5 Å². The summed E-state index contributed by atoms with van der Waals surface area (Å²) in [5, 5.41) is 4.37. The number of carbonyl (C=O) groups is 2. The topological polar surface area (TPSA) is 74.1 Å². The Morgan fingerprint density at radius 1 is 0.966 bits per heavy atom. The summed E-state index contributed by atoms with van der Waals surface area (Å²) >= 11 is 0. The van der Waals surface area contributed by atoms with Crippen LogP contribution in [0.4, 0.5) is 0 Å². The molecule has 0 bridgehead atoms. The zero-order chi connectivity index (χ0) is 21.3. The minimum absolute atomic E-state index is 0.214. The fourth-order valence-corrected chi connectivity index (χ4v) is 3.29. The molecule has 0 fully saturated rings. The quantitative estimate of drug-likeness (QED) is 0.482. The van der Waals surface area contributed by atoms with E-state index in [1.54, 1.807) is 16.8 Å². The van der Waals surface area contributed by atoms with Gasteiger partial charge in [0.25, 0.3) is 0 Å². The van der Waals surface area contributed by atoms with Gasteiger partial charge in [0, 0.05) is 17.5 Å². The van der Waals surface area contributed by atoms with Crippen LogP contribution in [0.15, 0.2) is 30.5 Å². The van der Waals surface area contributed by atoms with Gasteiger partial charge >= 0.3 is 5.97 Å². The first-order valence-corrected chi connectivity index (χ1v) is 9.46. The highest BCUT2D eigenvalue weighted by Gasteiger charge is 2.17. The summed E-state index contributed by atoms with van der Waals surface area (Å²) in [6.45, 7) is 11.5. The fourth-order valence-electron chi connectivity index (χ4n) is 3.29. The number of aromatic nitrogens is 3. The molecule has 0 radical (unpaired) electrons. The molecule has 0 saturated carbocycles. The predicted octanol–water partition coefficient (Wildman–Crippen LogP) is 4.16. The number of benzene rings is 1. The van der Waals surface area contributed by atoms with Crippen LogP contribution in [0.1, 0.15) is 54.4 Å². The van der Waals surface area contributed by atoms with Crippen LogP contribution in [0.2, 0.25) is 0 Å². The predicted molar refractivity (Wildman–Crippen MR) is 111 cm³/mol. The molecule has 3 rings (SSSR count). The first-order chi connectivity index (χ1) is 13.7. The van der Waals surface area contributed by atoms with Gasteiger partial charge in [-0.05, 0) is 88.1 Å². The van der Waals surface area contributed by atoms with E-state index in [2.05, 4.69) is 10.1 Å². The van der Waals surface area contributed by atoms with Crippen molar-refractivity contribution in [3.8, 4) is 5.82 Å². The number of aryl methyl sites for hydroxylation is 3. The molecule has 3 aromatic rings. The smallest absolute Gasteiger partial charge is 0.340 e. The molecule has 2 heterocycles. The Balaban J connectivity index is 1.70. The second-order valence-corrected chi connectivity index (χ2v) is 7.36. The first kappa shape index (κ1) is 20.5. The lowest BCUT2D eigenvalue weighted by molar-refractivity contribution is 0.0474. The zero-order valence-corrected chi connectivity index (χ0v) is 17.7. The summed E-state index contributed by atoms with van der Waals surface area (Å²) in [6, 6.07) is 7.14. The van der Waals surface area contributed by atoms with Crippen LogP contribution in [-0.2, 0) is 4.74 Å². The summed E-state index contributed by atoms with van der Waals surface area (Å²) in [5.74, 6) is -0.178. The number of rotatable bonds is 5. The summed E-state index contributed by atoms with van der Waals surface area (Å²) in [4.78, 5) is 29.2. The third-order valence-corrected chi connectivity index (χ3v) is 5.33. The third kappa shape index (κ3) is 4.11. The number of esters is 1. The molecule has 0 N–H and O–H groups in total. The average molecular weight is 391 g/mol. The van der Waals surface area contributed by atoms with Crippen LogP contribution in [0.3, 0.4) is 0 Å². The van der Waals surface area contributed by atoms with Gasteiger partial charge in [0.2, 0.25) is 5.78 Å². The highest BCUT2D eigenvalue weighted by atomic mass is 16.5. The summed E-state index contributed by atoms with van der Waals surface area (Å²) in [6.07, 6.45) is 1.43. The molecule has 0 unspecified atom stereocenters. The van der Waals surface area contributed by atoms with E-state index in [4.69, 9.17) is 4.74 Å². The second kappa shape index (κ2) is 7.99. The lowest BCUT2D eigenvalue weighted by atomic mass is 9.93. The Morgan fingerprint density at radius 2 is 1.69 bits per heavy atom. The van der Waals surface area contributed by atoms with Crippen molar-refractivity contribution in [3.05, 3.63) is 75.2 Å². The largest absolute Gasteiger partial charge is 0.454 e. The van der Waals surface area contributed by atoms with E-state index in [0.29, 0.717) is 11.4 Å². The van der Waals surface area contributed by atoms with Gasteiger partial charge in [-0.3, -0.25) is 4.79 Å². The number of hydrogen-bond acceptors (Lipinski definition) is 5. The lowest BCUT2D eigenvalue weighted by Crippen LogP contribution is -2.16. The van der Waals surface area contributed by atoms with Crippen LogP contribution in [0.25, 0.3) is 5.82 Å². The van der Waals surface area contributed by atoms with Gasteiger partial charge in [-0.15, -0.1) is 0 Å². The van der Waals surface area contributed by atoms with Crippen molar-refractivity contribution < 1.29 is 14.3 Å². The van der Waals surface area contributed by atoms with E-state index in [-0.39, 0.29) is 18.0 Å². The Bertz CT molecular complexity index is 1100. The molecule has 0 aliphatic carbocycles. The number of nitrogens with zero attached hydrogens (tertiary/aromatic N) is 3. The maximum atomic E-state index is 12.6.